The van der Waals surface area contributed by atoms with Crippen LogP contribution in [-0.4, -0.2) is 47.7 Å². The van der Waals surface area contributed by atoms with Gasteiger partial charge in [0.05, 0.1) is 32.4 Å². The van der Waals surface area contributed by atoms with Gasteiger partial charge in [0.25, 0.3) is 5.91 Å². The van der Waals surface area contributed by atoms with Gasteiger partial charge in [-0.25, -0.2) is 0 Å². The van der Waals surface area contributed by atoms with Gasteiger partial charge in [-0.05, 0) is 31.0 Å². The molecule has 2 heterocycles. The summed E-state index contributed by atoms with van der Waals surface area (Å²) in [6, 6.07) is 8.38. The number of aliphatic hydroxyl groups excluding tert-OH is 1. The first-order chi connectivity index (χ1) is 14.8. The molecule has 1 spiro atoms. The molecular weight excluding hydrogens is 461 g/mol. The fourth-order valence-electron chi connectivity index (χ4n) is 4.29. The maximum Gasteiger partial charge on any atom is 0.254 e. The zero-order valence-electron chi connectivity index (χ0n) is 16.8. The Bertz CT molecular complexity index is 973. The number of nitrogens with two attached hydrogens (primary N) is 1. The molecule has 0 saturated carbocycles. The summed E-state index contributed by atoms with van der Waals surface area (Å²) in [6.45, 7) is 2.78. The van der Waals surface area contributed by atoms with Crippen LogP contribution in [0.25, 0.3) is 0 Å². The van der Waals surface area contributed by atoms with E-state index in [2.05, 4.69) is 10.2 Å². The monoisotopic (exact) mass is 483 g/mol. The van der Waals surface area contributed by atoms with Gasteiger partial charge in [0.1, 0.15) is 11.4 Å². The van der Waals surface area contributed by atoms with E-state index < -0.39 is 11.7 Å². The van der Waals surface area contributed by atoms with Gasteiger partial charge in [0.2, 0.25) is 0 Å². The second kappa shape index (κ2) is 9.04. The third-order valence-electron chi connectivity index (χ3n) is 6.05. The number of fused-ring (bicyclic) bond motifs is 1. The summed E-state index contributed by atoms with van der Waals surface area (Å²) in [5.41, 5.74) is 6.92. The summed E-state index contributed by atoms with van der Waals surface area (Å²) in [5.74, 6) is 0.327. The predicted octanol–water partition coefficient (Wildman–Crippen LogP) is 4.31. The van der Waals surface area contributed by atoms with Crippen molar-refractivity contribution in [1.29, 1.82) is 0 Å². The molecule has 9 heteroatoms. The highest BCUT2D eigenvalue weighted by molar-refractivity contribution is 6.39. The highest BCUT2D eigenvalue weighted by Crippen LogP contribution is 2.46. The zero-order chi connectivity index (χ0) is 22.2. The minimum atomic E-state index is -0.631. The number of hydrogen-bond donors (Lipinski definition) is 3. The second-order valence-electron chi connectivity index (χ2n) is 8.11. The number of amides is 1. The van der Waals surface area contributed by atoms with Crippen LogP contribution < -0.4 is 15.8 Å². The first kappa shape index (κ1) is 22.5. The van der Waals surface area contributed by atoms with Crippen LogP contribution in [0, 0.1) is 0 Å². The summed E-state index contributed by atoms with van der Waals surface area (Å²) < 4.78 is 6.32. The smallest absolute Gasteiger partial charge is 0.254 e. The average molecular weight is 485 g/mol. The lowest BCUT2D eigenvalue weighted by Crippen LogP contribution is -2.51. The Kier molecular flexibility index (Phi) is 6.56. The van der Waals surface area contributed by atoms with Crippen molar-refractivity contribution in [2.45, 2.75) is 31.0 Å². The van der Waals surface area contributed by atoms with Crippen molar-refractivity contribution in [2.75, 3.05) is 31.9 Å². The van der Waals surface area contributed by atoms with Crippen molar-refractivity contribution < 1.29 is 14.6 Å². The number of rotatable bonds is 4. The largest absolute Gasteiger partial charge is 0.487 e. The Morgan fingerprint density at radius 1 is 1.19 bits per heavy atom. The molecule has 0 aliphatic carbocycles. The molecule has 0 aromatic heterocycles. The molecule has 6 nitrogen and oxygen atoms in total. The normalized spacial score (nSPS) is 20.2. The highest BCUT2D eigenvalue weighted by Gasteiger charge is 2.43. The molecule has 4 N–H and O–H groups in total. The summed E-state index contributed by atoms with van der Waals surface area (Å²) in [7, 11) is 0. The number of hydrogen-bond acceptors (Lipinski definition) is 5. The van der Waals surface area contributed by atoms with Crippen LogP contribution >= 0.6 is 34.8 Å². The number of piperidine rings is 1. The molecule has 31 heavy (non-hydrogen) atoms. The number of nitrogen functional groups attached to an aromatic ring is 1. The molecule has 0 bridgehead atoms. The van der Waals surface area contributed by atoms with Gasteiger partial charge in [-0.15, -0.1) is 0 Å². The Balaban J connectivity index is 1.31. The van der Waals surface area contributed by atoms with E-state index in [-0.39, 0.29) is 5.91 Å². The maximum atomic E-state index is 12.4. The molecule has 2 aliphatic rings. The summed E-state index contributed by atoms with van der Waals surface area (Å²) in [5, 5.41) is 14.6. The fourth-order valence-corrected chi connectivity index (χ4v) is 5.03. The molecule has 2 aliphatic heterocycles. The Hall–Kier alpha value is -1.70. The lowest BCUT2D eigenvalue weighted by molar-refractivity contribution is -0.0535. The van der Waals surface area contributed by atoms with Gasteiger partial charge in [-0.2, -0.15) is 0 Å². The van der Waals surface area contributed by atoms with Gasteiger partial charge in [-0.1, -0.05) is 40.9 Å². The maximum absolute atomic E-state index is 12.4. The molecule has 166 valence electrons. The number of aliphatic hydroxyl groups is 1. The number of halogens is 3. The number of benzene rings is 2. The topological polar surface area (TPSA) is 87.8 Å². The minimum absolute atomic E-state index is 0.282. The standard InChI is InChI=1S/C22H24Cl3N3O3/c23-14-2-1-3-15(24)20(14)21(30)27-6-9-28-7-4-22(5-8-28)12-18(29)13-10-16(25)17(26)11-19(13)31-22/h1-3,10-11,18,29H,4-9,12,26H2,(H,27,30). The van der Waals surface area contributed by atoms with Crippen molar-refractivity contribution in [3.63, 3.8) is 0 Å². The van der Waals surface area contributed by atoms with Crippen molar-refractivity contribution in [1.82, 2.24) is 10.2 Å². The molecule has 0 radical (unpaired) electrons. The van der Waals surface area contributed by atoms with Crippen LogP contribution in [0.4, 0.5) is 5.69 Å². The van der Waals surface area contributed by atoms with Gasteiger partial charge in [0.15, 0.2) is 0 Å². The number of carbonyl (C=O) groups is 1. The van der Waals surface area contributed by atoms with Crippen LogP contribution in [0.15, 0.2) is 30.3 Å². The van der Waals surface area contributed by atoms with Crippen molar-refractivity contribution in [2.24, 2.45) is 0 Å². The van der Waals surface area contributed by atoms with E-state index in [1.54, 1.807) is 30.3 Å². The number of carbonyl (C=O) groups excluding carboxylic acids is 1. The number of anilines is 1. The van der Waals surface area contributed by atoms with Crippen molar-refractivity contribution >= 4 is 46.4 Å². The molecule has 1 fully saturated rings. The summed E-state index contributed by atoms with van der Waals surface area (Å²) >= 11 is 18.3. The molecule has 2 aromatic carbocycles. The van der Waals surface area contributed by atoms with Crippen LogP contribution in [-0.2, 0) is 0 Å². The van der Waals surface area contributed by atoms with Crippen molar-refractivity contribution in [3.8, 4) is 5.75 Å². The number of likely N-dealkylation sites (tertiary alicyclic amines) is 1. The first-order valence-corrected chi connectivity index (χ1v) is 11.3. The number of nitrogens with one attached hydrogen (secondary N) is 1. The first-order valence-electron chi connectivity index (χ1n) is 10.2. The second-order valence-corrected chi connectivity index (χ2v) is 9.33. The Morgan fingerprint density at radius 2 is 1.87 bits per heavy atom. The van der Waals surface area contributed by atoms with Crippen LogP contribution in [0.1, 0.15) is 41.3 Å². The molecule has 1 amide bonds. The van der Waals surface area contributed by atoms with Crippen LogP contribution in [0.5, 0.6) is 5.75 Å². The van der Waals surface area contributed by atoms with Crippen LogP contribution in [0.2, 0.25) is 15.1 Å². The molecule has 1 saturated heterocycles. The Labute approximate surface area is 196 Å². The third-order valence-corrected chi connectivity index (χ3v) is 7.01. The minimum Gasteiger partial charge on any atom is -0.487 e. The van der Waals surface area contributed by atoms with E-state index in [9.17, 15) is 9.90 Å². The lowest BCUT2D eigenvalue weighted by Gasteiger charge is -2.46. The third kappa shape index (κ3) is 4.73. The fraction of sp³-hybridized carbons (Fsp3) is 0.409. The SMILES string of the molecule is Nc1cc2c(cc1Cl)C(O)CC1(CCN(CCNC(=O)c3c(Cl)cccc3Cl)CC1)O2. The number of ether oxygens (including phenoxy) is 1. The molecular formula is C22H24Cl3N3O3. The van der Waals surface area contributed by atoms with E-state index in [1.165, 1.54) is 0 Å². The van der Waals surface area contributed by atoms with E-state index in [4.69, 9.17) is 45.3 Å². The average Bonchev–Trinajstić information content (AvgIpc) is 2.71. The van der Waals surface area contributed by atoms with Gasteiger partial charge < -0.3 is 25.8 Å². The lowest BCUT2D eigenvalue weighted by atomic mass is 9.81. The van der Waals surface area contributed by atoms with E-state index >= 15 is 0 Å². The van der Waals surface area contributed by atoms with Gasteiger partial charge >= 0.3 is 0 Å². The van der Waals surface area contributed by atoms with Crippen LogP contribution in [0.3, 0.4) is 0 Å². The molecule has 1 atom stereocenters. The molecule has 4 rings (SSSR count). The molecule has 1 unspecified atom stereocenters. The van der Waals surface area contributed by atoms with E-state index in [0.717, 1.165) is 25.9 Å². The number of nitrogens with zero attached hydrogens (tertiary/aromatic N) is 1. The van der Waals surface area contributed by atoms with E-state index in [1.807, 2.05) is 0 Å². The Morgan fingerprint density at radius 3 is 2.55 bits per heavy atom. The van der Waals surface area contributed by atoms with Gasteiger partial charge in [-0.3, -0.25) is 4.79 Å². The quantitative estimate of drug-likeness (QED) is 0.563. The zero-order valence-corrected chi connectivity index (χ0v) is 19.1. The summed E-state index contributed by atoms with van der Waals surface area (Å²) in [4.78, 5) is 14.7. The predicted molar refractivity (Wildman–Crippen MR) is 123 cm³/mol. The summed E-state index contributed by atoms with van der Waals surface area (Å²) in [6.07, 6.45) is 1.44. The van der Waals surface area contributed by atoms with E-state index in [0.29, 0.717) is 57.1 Å². The van der Waals surface area contributed by atoms with Crippen molar-refractivity contribution in [3.05, 3.63) is 56.5 Å². The highest BCUT2D eigenvalue weighted by atomic mass is 35.5. The van der Waals surface area contributed by atoms with Gasteiger partial charge in [0, 0.05) is 44.2 Å². The molecule has 2 aromatic rings.